The van der Waals surface area contributed by atoms with Gasteiger partial charge >= 0.3 is 0 Å². The van der Waals surface area contributed by atoms with Crippen molar-refractivity contribution in [3.63, 3.8) is 0 Å². The molecule has 94 valence electrons. The molecule has 0 saturated heterocycles. The Morgan fingerprint density at radius 3 is 2.83 bits per heavy atom. The topological polar surface area (TPSA) is 64.1 Å². The summed E-state index contributed by atoms with van der Waals surface area (Å²) in [5.41, 5.74) is 0.473. The van der Waals surface area contributed by atoms with Gasteiger partial charge in [0.05, 0.1) is 12.7 Å². The van der Waals surface area contributed by atoms with Crippen LogP contribution in [0.3, 0.4) is 0 Å². The maximum Gasteiger partial charge on any atom is 0.261 e. The summed E-state index contributed by atoms with van der Waals surface area (Å²) in [6.07, 6.45) is 1.91. The summed E-state index contributed by atoms with van der Waals surface area (Å²) in [6.45, 7) is 0. The highest BCUT2D eigenvalue weighted by Crippen LogP contribution is 2.24. The lowest BCUT2D eigenvalue weighted by Crippen LogP contribution is -2.12. The Kier molecular flexibility index (Phi) is 4.16. The number of amides is 1. The third-order valence-electron chi connectivity index (χ3n) is 2.15. The molecule has 0 saturated carbocycles. The van der Waals surface area contributed by atoms with Gasteiger partial charge in [0.15, 0.2) is 4.34 Å². The first-order valence-electron chi connectivity index (χ1n) is 5.06. The maximum atomic E-state index is 12.0. The predicted octanol–water partition coefficient (Wildman–Crippen LogP) is 2.52. The van der Waals surface area contributed by atoms with E-state index in [-0.39, 0.29) is 5.91 Å². The second kappa shape index (κ2) is 5.83. The molecule has 18 heavy (non-hydrogen) atoms. The van der Waals surface area contributed by atoms with E-state index >= 15 is 0 Å². The number of ether oxygens (including phenoxy) is 1. The van der Waals surface area contributed by atoms with Gasteiger partial charge in [-0.05, 0) is 18.4 Å². The highest BCUT2D eigenvalue weighted by molar-refractivity contribution is 8.00. The van der Waals surface area contributed by atoms with Crippen LogP contribution in [-0.2, 0) is 0 Å². The number of carbonyl (C=O) groups excluding carboxylic acids is 1. The Hall–Kier alpha value is -1.60. The zero-order valence-corrected chi connectivity index (χ0v) is 11.5. The number of nitrogens with one attached hydrogen (secondary N) is 1. The molecule has 1 N–H and O–H groups in total. The van der Waals surface area contributed by atoms with Gasteiger partial charge in [-0.15, -0.1) is 10.2 Å². The molecule has 1 aromatic carbocycles. The molecule has 1 heterocycles. The molecule has 7 heteroatoms. The molecule has 0 atom stereocenters. The number of para-hydroxylation sites is 1. The molecule has 0 bridgehead atoms. The van der Waals surface area contributed by atoms with Crippen molar-refractivity contribution in [2.45, 2.75) is 4.34 Å². The fourth-order valence-electron chi connectivity index (χ4n) is 1.34. The zero-order chi connectivity index (χ0) is 13.0. The monoisotopic (exact) mass is 281 g/mol. The normalized spacial score (nSPS) is 10.1. The van der Waals surface area contributed by atoms with E-state index in [0.29, 0.717) is 16.4 Å². The fourth-order valence-corrected chi connectivity index (χ4v) is 2.50. The Morgan fingerprint density at radius 2 is 2.17 bits per heavy atom. The smallest absolute Gasteiger partial charge is 0.261 e. The van der Waals surface area contributed by atoms with Gasteiger partial charge < -0.3 is 4.74 Å². The number of methoxy groups -OCH3 is 1. The Labute approximate surface area is 113 Å². The predicted molar refractivity (Wildman–Crippen MR) is 72.6 cm³/mol. The Morgan fingerprint density at radius 1 is 1.39 bits per heavy atom. The van der Waals surface area contributed by atoms with Gasteiger partial charge in [-0.1, -0.05) is 35.2 Å². The summed E-state index contributed by atoms with van der Waals surface area (Å²) in [6, 6.07) is 7.03. The standard InChI is InChI=1S/C11H11N3O2S2/c1-16-8-6-4-3-5-7(8)9(15)12-10-13-14-11(17-2)18-10/h3-6H,1-2H3,(H,12,13,15). The minimum absolute atomic E-state index is 0.253. The average Bonchev–Trinajstić information content (AvgIpc) is 2.86. The number of hydrogen-bond acceptors (Lipinski definition) is 6. The van der Waals surface area contributed by atoms with Crippen molar-refractivity contribution in [1.29, 1.82) is 0 Å². The first kappa shape index (κ1) is 12.8. The maximum absolute atomic E-state index is 12.0. The van der Waals surface area contributed by atoms with Crippen molar-refractivity contribution in [1.82, 2.24) is 10.2 Å². The van der Waals surface area contributed by atoms with Gasteiger partial charge in [-0.25, -0.2) is 0 Å². The number of aromatic nitrogens is 2. The van der Waals surface area contributed by atoms with E-state index in [1.54, 1.807) is 18.2 Å². The van der Waals surface area contributed by atoms with E-state index in [4.69, 9.17) is 4.74 Å². The first-order valence-corrected chi connectivity index (χ1v) is 7.10. The number of anilines is 1. The molecular formula is C11H11N3O2S2. The van der Waals surface area contributed by atoms with Crippen molar-refractivity contribution < 1.29 is 9.53 Å². The van der Waals surface area contributed by atoms with Crippen LogP contribution in [0, 0.1) is 0 Å². The number of carbonyl (C=O) groups is 1. The van der Waals surface area contributed by atoms with E-state index in [0.717, 1.165) is 4.34 Å². The van der Waals surface area contributed by atoms with Crippen molar-refractivity contribution >= 4 is 34.1 Å². The average molecular weight is 281 g/mol. The molecule has 0 aliphatic heterocycles. The lowest BCUT2D eigenvalue weighted by atomic mass is 10.2. The lowest BCUT2D eigenvalue weighted by molar-refractivity contribution is 0.102. The lowest BCUT2D eigenvalue weighted by Gasteiger charge is -2.06. The van der Waals surface area contributed by atoms with E-state index < -0.39 is 0 Å². The molecule has 5 nitrogen and oxygen atoms in total. The summed E-state index contributed by atoms with van der Waals surface area (Å²) < 4.78 is 5.94. The van der Waals surface area contributed by atoms with Gasteiger partial charge in [0.1, 0.15) is 5.75 Å². The van der Waals surface area contributed by atoms with Crippen LogP contribution in [-0.4, -0.2) is 29.5 Å². The van der Waals surface area contributed by atoms with Crippen molar-refractivity contribution in [3.05, 3.63) is 29.8 Å². The molecule has 0 radical (unpaired) electrons. The molecule has 1 aromatic heterocycles. The van der Waals surface area contributed by atoms with E-state index in [1.165, 1.54) is 30.2 Å². The second-order valence-electron chi connectivity index (χ2n) is 3.23. The summed E-state index contributed by atoms with van der Waals surface area (Å²) in [5, 5.41) is 11.0. The zero-order valence-electron chi connectivity index (χ0n) is 9.84. The molecule has 2 rings (SSSR count). The van der Waals surface area contributed by atoms with Crippen LogP contribution in [0.15, 0.2) is 28.6 Å². The Balaban J connectivity index is 2.16. The minimum Gasteiger partial charge on any atom is -0.496 e. The van der Waals surface area contributed by atoms with Crippen LogP contribution >= 0.6 is 23.1 Å². The summed E-state index contributed by atoms with van der Waals surface area (Å²) in [4.78, 5) is 12.0. The minimum atomic E-state index is -0.253. The van der Waals surface area contributed by atoms with E-state index in [2.05, 4.69) is 15.5 Å². The van der Waals surface area contributed by atoms with Crippen molar-refractivity contribution in [3.8, 4) is 5.75 Å². The van der Waals surface area contributed by atoms with E-state index in [1.807, 2.05) is 12.3 Å². The van der Waals surface area contributed by atoms with Crippen molar-refractivity contribution in [2.75, 3.05) is 18.7 Å². The number of rotatable bonds is 4. The van der Waals surface area contributed by atoms with Crippen molar-refractivity contribution in [2.24, 2.45) is 0 Å². The Bertz CT molecular complexity index is 557. The molecule has 0 aliphatic rings. The molecule has 1 amide bonds. The number of thioether (sulfide) groups is 1. The van der Waals surface area contributed by atoms with Gasteiger partial charge in [-0.2, -0.15) is 0 Å². The van der Waals surface area contributed by atoms with Gasteiger partial charge in [0, 0.05) is 0 Å². The van der Waals surface area contributed by atoms with Crippen LogP contribution in [0.25, 0.3) is 0 Å². The van der Waals surface area contributed by atoms with Gasteiger partial charge in [0.25, 0.3) is 5.91 Å². The summed E-state index contributed by atoms with van der Waals surface area (Å²) in [5.74, 6) is 0.279. The van der Waals surface area contributed by atoms with Crippen LogP contribution in [0.4, 0.5) is 5.13 Å². The summed E-state index contributed by atoms with van der Waals surface area (Å²) >= 11 is 2.83. The van der Waals surface area contributed by atoms with Crippen LogP contribution in [0.5, 0.6) is 5.75 Å². The quantitative estimate of drug-likeness (QED) is 0.689. The first-order chi connectivity index (χ1) is 8.74. The van der Waals surface area contributed by atoms with Crippen LogP contribution in [0.2, 0.25) is 0 Å². The SMILES string of the molecule is COc1ccccc1C(=O)Nc1nnc(SC)s1. The molecule has 0 aliphatic carbocycles. The summed E-state index contributed by atoms with van der Waals surface area (Å²) in [7, 11) is 1.53. The van der Waals surface area contributed by atoms with Gasteiger partial charge in [-0.3, -0.25) is 10.1 Å². The highest BCUT2D eigenvalue weighted by atomic mass is 32.2. The van der Waals surface area contributed by atoms with E-state index in [9.17, 15) is 4.79 Å². The molecule has 0 unspecified atom stereocenters. The number of hydrogen-bond donors (Lipinski definition) is 1. The fraction of sp³-hybridized carbons (Fsp3) is 0.182. The molecular weight excluding hydrogens is 270 g/mol. The third-order valence-corrected chi connectivity index (χ3v) is 3.97. The largest absolute Gasteiger partial charge is 0.496 e. The van der Waals surface area contributed by atoms with Crippen LogP contribution < -0.4 is 10.1 Å². The second-order valence-corrected chi connectivity index (χ2v) is 5.26. The highest BCUT2D eigenvalue weighted by Gasteiger charge is 2.13. The molecule has 0 spiro atoms. The third kappa shape index (κ3) is 2.80. The molecule has 2 aromatic rings. The van der Waals surface area contributed by atoms with Crippen LogP contribution in [0.1, 0.15) is 10.4 Å². The van der Waals surface area contributed by atoms with Gasteiger partial charge in [0.2, 0.25) is 5.13 Å². The number of benzene rings is 1. The number of nitrogens with zero attached hydrogens (tertiary/aromatic N) is 2. The molecule has 0 fully saturated rings.